The van der Waals surface area contributed by atoms with Crippen LogP contribution < -0.4 is 0 Å². The van der Waals surface area contributed by atoms with Gasteiger partial charge in [-0.3, -0.25) is 14.4 Å². The molecule has 1 aromatic rings. The van der Waals surface area contributed by atoms with E-state index in [0.717, 1.165) is 11.1 Å². The van der Waals surface area contributed by atoms with Gasteiger partial charge >= 0.3 is 0 Å². The lowest BCUT2D eigenvalue weighted by atomic mass is 9.53. The van der Waals surface area contributed by atoms with Crippen molar-refractivity contribution < 1.29 is 24.6 Å². The summed E-state index contributed by atoms with van der Waals surface area (Å²) in [4.78, 5) is 39.6. The molecule has 30 heavy (non-hydrogen) atoms. The van der Waals surface area contributed by atoms with Crippen molar-refractivity contribution in [3.8, 4) is 11.5 Å². The Bertz CT molecular complexity index is 1010. The van der Waals surface area contributed by atoms with Gasteiger partial charge in [-0.05, 0) is 45.4 Å². The molecule has 0 saturated carbocycles. The van der Waals surface area contributed by atoms with E-state index in [-0.39, 0.29) is 45.7 Å². The Morgan fingerprint density at radius 3 is 2.37 bits per heavy atom. The lowest BCUT2D eigenvalue weighted by Crippen LogP contribution is -2.51. The van der Waals surface area contributed by atoms with Gasteiger partial charge in [-0.2, -0.15) is 0 Å². The number of ketones is 2. The fraction of sp³-hybridized carbons (Fsp3) is 0.480. The molecule has 2 N–H and O–H groups in total. The first-order valence-corrected chi connectivity index (χ1v) is 10.4. The van der Waals surface area contributed by atoms with E-state index >= 15 is 0 Å². The maximum atomic E-state index is 13.9. The van der Waals surface area contributed by atoms with Crippen molar-refractivity contribution in [1.29, 1.82) is 0 Å². The van der Waals surface area contributed by atoms with E-state index in [1.165, 1.54) is 0 Å². The fourth-order valence-electron chi connectivity index (χ4n) is 5.12. The lowest BCUT2D eigenvalue weighted by molar-refractivity contribution is 0.0480. The summed E-state index contributed by atoms with van der Waals surface area (Å²) in [5.74, 6) is -2.76. The number of phenols is 2. The van der Waals surface area contributed by atoms with Crippen molar-refractivity contribution in [1.82, 2.24) is 0 Å². The molecule has 1 aromatic carbocycles. The zero-order chi connectivity index (χ0) is 22.5. The molecule has 2 aliphatic rings. The molecule has 0 saturated heterocycles. The van der Waals surface area contributed by atoms with Gasteiger partial charge < -0.3 is 10.2 Å². The second-order valence-corrected chi connectivity index (χ2v) is 9.41. The van der Waals surface area contributed by atoms with E-state index in [1.54, 1.807) is 13.8 Å². The summed E-state index contributed by atoms with van der Waals surface area (Å²) < 4.78 is 0. The van der Waals surface area contributed by atoms with Crippen LogP contribution in [0.4, 0.5) is 0 Å². The summed E-state index contributed by atoms with van der Waals surface area (Å²) in [5, 5.41) is 21.0. The summed E-state index contributed by atoms with van der Waals surface area (Å²) in [6.07, 6.45) is 5.51. The number of phenolic OH excluding ortho intramolecular Hbond substituents is 2. The predicted molar refractivity (Wildman–Crippen MR) is 115 cm³/mol. The monoisotopic (exact) mass is 410 g/mol. The Hall–Kier alpha value is -2.69. The first kappa shape index (κ1) is 22.0. The topological polar surface area (TPSA) is 91.7 Å². The van der Waals surface area contributed by atoms with Crippen molar-refractivity contribution in [3.63, 3.8) is 0 Å². The zero-order valence-corrected chi connectivity index (χ0v) is 18.5. The van der Waals surface area contributed by atoms with Gasteiger partial charge in [0.15, 0.2) is 29.4 Å². The molecule has 3 atom stereocenters. The predicted octanol–water partition coefficient (Wildman–Crippen LogP) is 5.36. The van der Waals surface area contributed by atoms with Gasteiger partial charge in [0.1, 0.15) is 0 Å². The highest BCUT2D eigenvalue weighted by Gasteiger charge is 2.56. The summed E-state index contributed by atoms with van der Waals surface area (Å²) in [6.45, 7) is 11.3. The van der Waals surface area contributed by atoms with Crippen LogP contribution in [0.25, 0.3) is 0 Å². The van der Waals surface area contributed by atoms with Crippen LogP contribution in [0.3, 0.4) is 0 Å². The largest absolute Gasteiger partial charge is 0.504 e. The molecule has 5 nitrogen and oxygen atoms in total. The van der Waals surface area contributed by atoms with Gasteiger partial charge in [-0.1, -0.05) is 44.1 Å². The van der Waals surface area contributed by atoms with Gasteiger partial charge in [-0.25, -0.2) is 0 Å². The fourth-order valence-corrected chi connectivity index (χ4v) is 5.12. The number of hydrogen-bond acceptors (Lipinski definition) is 5. The molecule has 5 heteroatoms. The van der Waals surface area contributed by atoms with E-state index in [2.05, 4.69) is 6.08 Å². The minimum atomic E-state index is -0.961. The highest BCUT2D eigenvalue weighted by molar-refractivity contribution is 6.22. The van der Waals surface area contributed by atoms with Crippen molar-refractivity contribution in [3.05, 3.63) is 45.6 Å². The van der Waals surface area contributed by atoms with E-state index in [1.807, 2.05) is 33.8 Å². The van der Waals surface area contributed by atoms with E-state index in [9.17, 15) is 24.6 Å². The lowest BCUT2D eigenvalue weighted by Gasteiger charge is -2.47. The normalized spacial score (nSPS) is 25.5. The van der Waals surface area contributed by atoms with Gasteiger partial charge in [0.05, 0.1) is 5.56 Å². The van der Waals surface area contributed by atoms with Gasteiger partial charge in [0.25, 0.3) is 0 Å². The number of aldehydes is 1. The third-order valence-electron chi connectivity index (χ3n) is 6.79. The van der Waals surface area contributed by atoms with Crippen molar-refractivity contribution >= 4 is 17.9 Å². The Labute approximate surface area is 177 Å². The molecule has 0 radical (unpaired) electrons. The summed E-state index contributed by atoms with van der Waals surface area (Å²) in [5.41, 5.74) is 1.23. The second-order valence-electron chi connectivity index (χ2n) is 9.41. The van der Waals surface area contributed by atoms with Crippen molar-refractivity contribution in [2.24, 2.45) is 17.3 Å². The summed E-state index contributed by atoms with van der Waals surface area (Å²) >= 11 is 0. The molecule has 0 fully saturated rings. The average molecular weight is 411 g/mol. The molecule has 0 heterocycles. The van der Waals surface area contributed by atoms with Gasteiger partial charge in [0, 0.05) is 28.0 Å². The molecule has 3 rings (SSSR count). The molecule has 2 aliphatic carbocycles. The second kappa shape index (κ2) is 7.53. The van der Waals surface area contributed by atoms with Gasteiger partial charge in [-0.15, -0.1) is 0 Å². The molecule has 0 bridgehead atoms. The number of Topliss-reactive ketones (excluding diaryl/α,β-unsaturated/α-hetero) is 2. The maximum Gasteiger partial charge on any atom is 0.170 e. The van der Waals surface area contributed by atoms with Crippen LogP contribution in [0.1, 0.15) is 96.9 Å². The average Bonchev–Trinajstić information content (AvgIpc) is 2.67. The number of rotatable bonds is 4. The van der Waals surface area contributed by atoms with Crippen LogP contribution in [0.15, 0.2) is 23.3 Å². The first-order chi connectivity index (χ1) is 14.0. The molecule has 160 valence electrons. The van der Waals surface area contributed by atoms with Crippen LogP contribution in [0.5, 0.6) is 11.5 Å². The van der Waals surface area contributed by atoms with Crippen molar-refractivity contribution in [2.45, 2.75) is 60.3 Å². The van der Waals surface area contributed by atoms with Crippen molar-refractivity contribution in [2.75, 3.05) is 0 Å². The molecule has 0 spiro atoms. The number of carbonyl (C=O) groups excluding carboxylic acids is 3. The van der Waals surface area contributed by atoms with E-state index in [4.69, 9.17) is 0 Å². The quantitative estimate of drug-likeness (QED) is 0.396. The highest BCUT2D eigenvalue weighted by Crippen LogP contribution is 2.55. The van der Waals surface area contributed by atoms with Crippen LogP contribution in [-0.2, 0) is 0 Å². The number of benzene rings is 1. The molecular weight excluding hydrogens is 380 g/mol. The minimum Gasteiger partial charge on any atom is -0.504 e. The zero-order valence-electron chi connectivity index (χ0n) is 18.5. The number of aromatic hydroxyl groups is 2. The number of fused-ring (bicyclic) bond motifs is 2. The van der Waals surface area contributed by atoms with Crippen LogP contribution in [-0.4, -0.2) is 28.1 Å². The minimum absolute atomic E-state index is 0.0339. The van der Waals surface area contributed by atoms with Crippen LogP contribution in [0.2, 0.25) is 0 Å². The molecule has 0 aliphatic heterocycles. The van der Waals surface area contributed by atoms with E-state index in [0.29, 0.717) is 19.1 Å². The third kappa shape index (κ3) is 3.03. The summed E-state index contributed by atoms with van der Waals surface area (Å²) in [7, 11) is 0. The Morgan fingerprint density at radius 1 is 1.20 bits per heavy atom. The first-order valence-electron chi connectivity index (χ1n) is 10.4. The SMILES string of the molecule is CC(C)=CC[C@@H]1C(C)=CC[C@@]2(C)C(=O)c3c(c(C=O)c(O)c(O)c3C(C)C)C(=O)[C@@H]12. The molecule has 0 aromatic heterocycles. The molecule has 0 amide bonds. The Morgan fingerprint density at radius 2 is 1.83 bits per heavy atom. The summed E-state index contributed by atoms with van der Waals surface area (Å²) in [6, 6.07) is 0. The smallest absolute Gasteiger partial charge is 0.170 e. The third-order valence-corrected chi connectivity index (χ3v) is 6.79. The standard InChI is InChI=1S/C25H30O5/c1-12(2)7-8-15-14(5)9-10-25(6)20(15)22(28)18-16(11-26)21(27)23(29)17(13(3)4)19(18)24(25)30/h7,9,11,13,15,20,27,29H,8,10H2,1-6H3/t15-,20-,25-/m1/s1. The maximum absolute atomic E-state index is 13.9. The number of allylic oxidation sites excluding steroid dienone is 4. The van der Waals surface area contributed by atoms with Crippen LogP contribution >= 0.6 is 0 Å². The number of hydrogen-bond donors (Lipinski definition) is 2. The highest BCUT2D eigenvalue weighted by atomic mass is 16.3. The van der Waals surface area contributed by atoms with Crippen LogP contribution in [0, 0.1) is 17.3 Å². The van der Waals surface area contributed by atoms with Gasteiger partial charge in [0.2, 0.25) is 0 Å². The molecule has 0 unspecified atom stereocenters. The Kier molecular flexibility index (Phi) is 5.52. The number of carbonyl (C=O) groups is 3. The Balaban J connectivity index is 2.36. The molecular formula is C25H30O5. The van der Waals surface area contributed by atoms with E-state index < -0.39 is 22.8 Å².